The Kier molecular flexibility index (Phi) is 6.28. The van der Waals surface area contributed by atoms with Crippen molar-refractivity contribution in [3.05, 3.63) is 11.6 Å². The van der Waals surface area contributed by atoms with E-state index in [1.54, 1.807) is 4.90 Å². The highest BCUT2D eigenvalue weighted by atomic mass is 16.6. The van der Waals surface area contributed by atoms with E-state index in [9.17, 15) is 14.7 Å². The number of aliphatic hydroxyl groups excluding tert-OH is 1. The maximum atomic E-state index is 12.6. The van der Waals surface area contributed by atoms with Gasteiger partial charge in [-0.25, -0.2) is 4.79 Å². The van der Waals surface area contributed by atoms with Crippen LogP contribution in [0.5, 0.6) is 0 Å². The van der Waals surface area contributed by atoms with Crippen LogP contribution in [0.15, 0.2) is 16.8 Å². The summed E-state index contributed by atoms with van der Waals surface area (Å²) in [7, 11) is 1.35. The Morgan fingerprint density at radius 1 is 1.12 bits per heavy atom. The third-order valence-corrected chi connectivity index (χ3v) is 10.3. The molecule has 34 heavy (non-hydrogen) atoms. The molecule has 7 atom stereocenters. The SMILES string of the molecule is COC(=O)[C@@H]1CCCN1C(=O)CO/N=C1/C=C2CC[C@H]3[C@@H](CC[C@]4(C)[C@@H](O)CC[C@@H]34)[C@@]2(C)CC1. The van der Waals surface area contributed by atoms with Crippen LogP contribution in [0.25, 0.3) is 0 Å². The summed E-state index contributed by atoms with van der Waals surface area (Å²) >= 11 is 0. The van der Waals surface area contributed by atoms with Gasteiger partial charge in [-0.05, 0) is 98.9 Å². The number of aliphatic hydroxyl groups is 1. The monoisotopic (exact) mass is 472 g/mol. The van der Waals surface area contributed by atoms with E-state index in [1.807, 2.05) is 0 Å². The normalized spacial score (nSPS) is 42.5. The average Bonchev–Trinajstić information content (AvgIpc) is 3.43. The van der Waals surface area contributed by atoms with Crippen LogP contribution in [0.4, 0.5) is 0 Å². The highest BCUT2D eigenvalue weighted by Crippen LogP contribution is 2.65. The van der Waals surface area contributed by atoms with Crippen molar-refractivity contribution in [1.29, 1.82) is 0 Å². The second-order valence-electron chi connectivity index (χ2n) is 11.8. The predicted molar refractivity (Wildman–Crippen MR) is 128 cm³/mol. The Bertz CT molecular complexity index is 899. The molecule has 0 radical (unpaired) electrons. The van der Waals surface area contributed by atoms with Crippen LogP contribution >= 0.6 is 0 Å². The Hall–Kier alpha value is -1.89. The number of likely N-dealkylation sites (tertiary alicyclic amines) is 1. The molecule has 1 heterocycles. The van der Waals surface area contributed by atoms with Crippen molar-refractivity contribution >= 4 is 17.6 Å². The van der Waals surface area contributed by atoms with Gasteiger partial charge in [0.05, 0.1) is 18.9 Å². The quantitative estimate of drug-likeness (QED) is 0.496. The number of ether oxygens (including phenoxy) is 1. The fourth-order valence-electron chi connectivity index (χ4n) is 8.32. The van der Waals surface area contributed by atoms with Crippen molar-refractivity contribution in [2.45, 2.75) is 90.2 Å². The van der Waals surface area contributed by atoms with Gasteiger partial charge in [0, 0.05) is 6.54 Å². The third-order valence-electron chi connectivity index (χ3n) is 10.3. The Labute approximate surface area is 202 Å². The molecule has 1 N–H and O–H groups in total. The van der Waals surface area contributed by atoms with Crippen molar-refractivity contribution < 1.29 is 24.3 Å². The molecule has 1 aliphatic heterocycles. The lowest BCUT2D eigenvalue weighted by atomic mass is 9.47. The molecule has 4 aliphatic carbocycles. The molecule has 0 unspecified atom stereocenters. The average molecular weight is 473 g/mol. The number of hydrogen-bond donors (Lipinski definition) is 1. The van der Waals surface area contributed by atoms with Crippen LogP contribution in [-0.2, 0) is 19.2 Å². The fourth-order valence-corrected chi connectivity index (χ4v) is 8.32. The van der Waals surface area contributed by atoms with Gasteiger partial charge < -0.3 is 19.6 Å². The van der Waals surface area contributed by atoms with Gasteiger partial charge in [0.25, 0.3) is 5.91 Å². The second-order valence-corrected chi connectivity index (χ2v) is 11.8. The summed E-state index contributed by atoms with van der Waals surface area (Å²) in [6.45, 7) is 5.19. The molecule has 0 aromatic heterocycles. The minimum Gasteiger partial charge on any atom is -0.467 e. The van der Waals surface area contributed by atoms with Gasteiger partial charge >= 0.3 is 5.97 Å². The Morgan fingerprint density at radius 3 is 2.74 bits per heavy atom. The fraction of sp³-hybridized carbons (Fsp3) is 0.815. The van der Waals surface area contributed by atoms with E-state index < -0.39 is 6.04 Å². The van der Waals surface area contributed by atoms with Crippen molar-refractivity contribution in [2.24, 2.45) is 33.7 Å². The Morgan fingerprint density at radius 2 is 1.94 bits per heavy atom. The molecule has 7 heteroatoms. The summed E-state index contributed by atoms with van der Waals surface area (Å²) < 4.78 is 4.82. The van der Waals surface area contributed by atoms with Crippen LogP contribution in [0, 0.1) is 28.6 Å². The van der Waals surface area contributed by atoms with Gasteiger partial charge in [-0.1, -0.05) is 24.6 Å². The molecule has 4 fully saturated rings. The van der Waals surface area contributed by atoms with Crippen LogP contribution in [0.2, 0.25) is 0 Å². The summed E-state index contributed by atoms with van der Waals surface area (Å²) in [4.78, 5) is 31.5. The number of hydrogen-bond acceptors (Lipinski definition) is 6. The molecule has 0 aromatic carbocycles. The molecule has 3 saturated carbocycles. The van der Waals surface area contributed by atoms with Crippen molar-refractivity contribution in [3.8, 4) is 0 Å². The second kappa shape index (κ2) is 8.96. The lowest BCUT2D eigenvalue weighted by Gasteiger charge is -2.57. The first-order chi connectivity index (χ1) is 16.3. The first-order valence-corrected chi connectivity index (χ1v) is 13.2. The largest absolute Gasteiger partial charge is 0.467 e. The summed E-state index contributed by atoms with van der Waals surface area (Å²) in [6.07, 6.45) is 12.2. The van der Waals surface area contributed by atoms with E-state index in [-0.39, 0.29) is 35.4 Å². The first-order valence-electron chi connectivity index (χ1n) is 13.2. The van der Waals surface area contributed by atoms with Crippen molar-refractivity contribution in [2.75, 3.05) is 20.3 Å². The molecule has 5 rings (SSSR count). The minimum absolute atomic E-state index is 0.114. The van der Waals surface area contributed by atoms with Crippen molar-refractivity contribution in [3.63, 3.8) is 0 Å². The zero-order chi connectivity index (χ0) is 24.1. The zero-order valence-corrected chi connectivity index (χ0v) is 20.9. The lowest BCUT2D eigenvalue weighted by Crippen LogP contribution is -2.51. The van der Waals surface area contributed by atoms with Crippen LogP contribution in [-0.4, -0.2) is 60.0 Å². The van der Waals surface area contributed by atoms with E-state index in [0.717, 1.165) is 44.2 Å². The molecule has 0 aromatic rings. The van der Waals surface area contributed by atoms with E-state index in [0.29, 0.717) is 30.7 Å². The molecule has 1 saturated heterocycles. The van der Waals surface area contributed by atoms with E-state index in [4.69, 9.17) is 9.57 Å². The molecular formula is C27H40N2O5. The third kappa shape index (κ3) is 3.78. The zero-order valence-electron chi connectivity index (χ0n) is 20.9. The standard InChI is InChI=1S/C27H40N2O5/c1-26-12-10-18(28-34-16-24(31)29-14-4-5-22(29)25(32)33-3)15-17(26)6-7-19-20-8-9-23(30)27(20,2)13-11-21(19)26/h15,19-23,30H,4-14,16H2,1-3H3/b28-18+/t19-,20+,21-,22+,23+,26+,27+/m1/s1. The molecule has 5 aliphatic rings. The summed E-state index contributed by atoms with van der Waals surface area (Å²) in [5.41, 5.74) is 2.72. The molecule has 1 amide bonds. The van der Waals surface area contributed by atoms with E-state index >= 15 is 0 Å². The molecule has 7 nitrogen and oxygen atoms in total. The maximum Gasteiger partial charge on any atom is 0.328 e. The number of allylic oxidation sites excluding steroid dienone is 2. The number of methoxy groups -OCH3 is 1. The minimum atomic E-state index is -0.500. The van der Waals surface area contributed by atoms with Gasteiger partial charge in [-0.15, -0.1) is 0 Å². The summed E-state index contributed by atoms with van der Waals surface area (Å²) in [5, 5.41) is 15.0. The number of carbonyl (C=O) groups is 2. The number of amides is 1. The highest BCUT2D eigenvalue weighted by molar-refractivity contribution is 5.96. The number of rotatable bonds is 4. The predicted octanol–water partition coefficient (Wildman–Crippen LogP) is 3.85. The van der Waals surface area contributed by atoms with Gasteiger partial charge in [-0.2, -0.15) is 0 Å². The molecule has 0 bridgehead atoms. The molecular weight excluding hydrogens is 432 g/mol. The number of fused-ring (bicyclic) bond motifs is 5. The number of nitrogens with zero attached hydrogens (tertiary/aromatic N) is 2. The topological polar surface area (TPSA) is 88.4 Å². The van der Waals surface area contributed by atoms with Gasteiger partial charge in [0.2, 0.25) is 0 Å². The number of esters is 1. The smallest absolute Gasteiger partial charge is 0.328 e. The molecule has 188 valence electrons. The van der Waals surface area contributed by atoms with Gasteiger partial charge in [0.1, 0.15) is 6.04 Å². The van der Waals surface area contributed by atoms with Gasteiger partial charge in [-0.3, -0.25) is 4.79 Å². The van der Waals surface area contributed by atoms with Crippen LogP contribution in [0.3, 0.4) is 0 Å². The first kappa shape index (κ1) is 23.8. The van der Waals surface area contributed by atoms with Crippen LogP contribution < -0.4 is 0 Å². The lowest BCUT2D eigenvalue weighted by molar-refractivity contribution is -0.152. The van der Waals surface area contributed by atoms with E-state index in [2.05, 4.69) is 25.1 Å². The summed E-state index contributed by atoms with van der Waals surface area (Å²) in [6, 6.07) is -0.500. The summed E-state index contributed by atoms with van der Waals surface area (Å²) in [5.74, 6) is 1.48. The number of oxime groups is 1. The van der Waals surface area contributed by atoms with Gasteiger partial charge in [0.15, 0.2) is 6.61 Å². The van der Waals surface area contributed by atoms with E-state index in [1.165, 1.54) is 31.9 Å². The van der Waals surface area contributed by atoms with Crippen molar-refractivity contribution in [1.82, 2.24) is 4.90 Å². The molecule has 0 spiro atoms. The highest BCUT2D eigenvalue weighted by Gasteiger charge is 2.58. The number of carbonyl (C=O) groups excluding carboxylic acids is 2. The van der Waals surface area contributed by atoms with Crippen LogP contribution in [0.1, 0.15) is 78.1 Å². The maximum absolute atomic E-state index is 12.6. The Balaban J connectivity index is 1.23.